The van der Waals surface area contributed by atoms with Gasteiger partial charge in [-0.2, -0.15) is 0 Å². The number of carboxylic acid groups (broad SMARTS) is 1. The largest absolute Gasteiger partial charge is 0.480 e. The average Bonchev–Trinajstić information content (AvgIpc) is 3.67. The van der Waals surface area contributed by atoms with Crippen LogP contribution in [0.15, 0.2) is 47.4 Å². The summed E-state index contributed by atoms with van der Waals surface area (Å²) in [6.07, 6.45) is 5.28. The van der Waals surface area contributed by atoms with Crippen molar-refractivity contribution in [1.82, 2.24) is 9.80 Å². The van der Waals surface area contributed by atoms with Crippen LogP contribution in [0.3, 0.4) is 0 Å². The van der Waals surface area contributed by atoms with Crippen molar-refractivity contribution in [2.75, 3.05) is 37.0 Å². The SMILES string of the molecule is CCN1C(=O)C(C2S/C(=C/c3ccc4c(c3)C3CCCC3N4c3ccc(N(C)C)cc3)C(=O)N2CC(=O)O)SC1=S. The number of thiocarbonyl (C=S) groups is 1. The molecule has 1 saturated carbocycles. The van der Waals surface area contributed by atoms with Gasteiger partial charge in [-0.05, 0) is 73.4 Å². The average molecular weight is 609 g/mol. The van der Waals surface area contributed by atoms with Crippen LogP contribution < -0.4 is 9.80 Å². The number of nitrogens with zero attached hydrogens (tertiary/aromatic N) is 4. The molecule has 1 N–H and O–H groups in total. The molecule has 0 radical (unpaired) electrons. The quantitative estimate of drug-likeness (QED) is 0.340. The van der Waals surface area contributed by atoms with Crippen molar-refractivity contribution < 1.29 is 19.5 Å². The number of benzene rings is 2. The molecular formula is C30H32N4O4S3. The van der Waals surface area contributed by atoms with Crippen molar-refractivity contribution in [3.8, 4) is 0 Å². The number of carbonyl (C=O) groups excluding carboxylic acids is 2. The summed E-state index contributed by atoms with van der Waals surface area (Å²) in [5.74, 6) is -1.22. The Bertz CT molecular complexity index is 1460. The van der Waals surface area contributed by atoms with Crippen molar-refractivity contribution in [2.45, 2.75) is 48.8 Å². The molecule has 2 aromatic rings. The van der Waals surface area contributed by atoms with Gasteiger partial charge in [-0.1, -0.05) is 48.2 Å². The second-order valence-corrected chi connectivity index (χ2v) is 13.9. The highest BCUT2D eigenvalue weighted by atomic mass is 32.2. The first-order chi connectivity index (χ1) is 19.7. The molecule has 1 aliphatic carbocycles. The second kappa shape index (κ2) is 11.0. The van der Waals surface area contributed by atoms with Crippen molar-refractivity contribution in [2.24, 2.45) is 0 Å². The Morgan fingerprint density at radius 2 is 1.88 bits per heavy atom. The number of amides is 2. The van der Waals surface area contributed by atoms with Crippen LogP contribution in [0, 0.1) is 0 Å². The van der Waals surface area contributed by atoms with Crippen LogP contribution in [-0.2, 0) is 14.4 Å². The highest BCUT2D eigenvalue weighted by molar-refractivity contribution is 8.25. The third-order valence-corrected chi connectivity index (χ3v) is 11.5. The second-order valence-electron chi connectivity index (χ2n) is 10.9. The van der Waals surface area contributed by atoms with Gasteiger partial charge in [0.15, 0.2) is 0 Å². The first kappa shape index (κ1) is 28.1. The molecule has 2 amide bonds. The molecule has 0 bridgehead atoms. The monoisotopic (exact) mass is 608 g/mol. The third-order valence-electron chi connectivity index (χ3n) is 8.33. The van der Waals surface area contributed by atoms with Crippen molar-refractivity contribution in [3.05, 3.63) is 58.5 Å². The van der Waals surface area contributed by atoms with E-state index in [1.165, 1.54) is 56.7 Å². The summed E-state index contributed by atoms with van der Waals surface area (Å²) >= 11 is 7.88. The van der Waals surface area contributed by atoms with Gasteiger partial charge in [-0.3, -0.25) is 19.3 Å². The maximum Gasteiger partial charge on any atom is 0.323 e. The Hall–Kier alpha value is -3.02. The van der Waals surface area contributed by atoms with Gasteiger partial charge in [0.1, 0.15) is 21.5 Å². The summed E-state index contributed by atoms with van der Waals surface area (Å²) in [6.45, 7) is 1.83. The highest BCUT2D eigenvalue weighted by Gasteiger charge is 2.50. The van der Waals surface area contributed by atoms with Gasteiger partial charge in [-0.15, -0.1) is 0 Å². The summed E-state index contributed by atoms with van der Waals surface area (Å²) in [7, 11) is 4.08. The zero-order chi connectivity index (χ0) is 29.0. The molecule has 2 saturated heterocycles. The minimum atomic E-state index is -1.11. The normalized spacial score (nSPS) is 26.4. The van der Waals surface area contributed by atoms with E-state index < -0.39 is 23.1 Å². The third kappa shape index (κ3) is 4.91. The lowest BCUT2D eigenvalue weighted by molar-refractivity contribution is -0.143. The van der Waals surface area contributed by atoms with E-state index in [1.54, 1.807) is 0 Å². The van der Waals surface area contributed by atoms with E-state index in [9.17, 15) is 19.5 Å². The van der Waals surface area contributed by atoms with E-state index in [0.29, 0.717) is 27.7 Å². The van der Waals surface area contributed by atoms with E-state index in [1.807, 2.05) is 33.2 Å². The number of anilines is 3. The zero-order valence-electron chi connectivity index (χ0n) is 23.1. The molecule has 3 heterocycles. The van der Waals surface area contributed by atoms with Crippen molar-refractivity contribution in [1.29, 1.82) is 0 Å². The van der Waals surface area contributed by atoms with E-state index >= 15 is 0 Å². The molecule has 3 fully saturated rings. The van der Waals surface area contributed by atoms with E-state index in [-0.39, 0.29) is 11.8 Å². The van der Waals surface area contributed by atoms with Gasteiger partial charge < -0.3 is 19.8 Å². The summed E-state index contributed by atoms with van der Waals surface area (Å²) in [4.78, 5) is 46.0. The molecule has 3 aliphatic heterocycles. The standard InChI is InChI=1S/C30H32N4O4S3/c1-4-32-28(38)26(41-30(32)39)29-33(16-25(35)36)27(37)24(40-29)15-17-8-13-23-21(14-17)20-6-5-7-22(20)34(23)19-11-9-18(10-12-19)31(2)3/h8-15,20,22,26,29H,4-7,16H2,1-3H3,(H,35,36)/b24-15+. The van der Waals surface area contributed by atoms with Gasteiger partial charge in [0.2, 0.25) is 5.91 Å². The van der Waals surface area contributed by atoms with Crippen molar-refractivity contribution in [3.63, 3.8) is 0 Å². The Kier molecular flexibility index (Phi) is 7.54. The summed E-state index contributed by atoms with van der Waals surface area (Å²) in [5.41, 5.74) is 5.75. The highest BCUT2D eigenvalue weighted by Crippen LogP contribution is 2.53. The fourth-order valence-corrected chi connectivity index (χ4v) is 9.56. The van der Waals surface area contributed by atoms with Crippen LogP contribution in [-0.4, -0.2) is 80.9 Å². The molecule has 41 heavy (non-hydrogen) atoms. The first-order valence-corrected chi connectivity index (χ1v) is 16.0. The lowest BCUT2D eigenvalue weighted by Gasteiger charge is -2.27. The number of carbonyl (C=O) groups is 3. The molecule has 4 unspecified atom stereocenters. The lowest BCUT2D eigenvalue weighted by Crippen LogP contribution is -2.45. The molecule has 4 atom stereocenters. The fourth-order valence-electron chi connectivity index (χ4n) is 6.42. The minimum absolute atomic E-state index is 0.173. The number of carboxylic acids is 1. The number of hydrogen-bond donors (Lipinski definition) is 1. The van der Waals surface area contributed by atoms with Crippen LogP contribution in [0.5, 0.6) is 0 Å². The maximum atomic E-state index is 13.5. The predicted octanol–water partition coefficient (Wildman–Crippen LogP) is 5.12. The van der Waals surface area contributed by atoms with E-state index in [2.05, 4.69) is 46.2 Å². The molecule has 4 aliphatic rings. The molecule has 0 aromatic heterocycles. The summed E-state index contributed by atoms with van der Waals surface area (Å²) < 4.78 is 0.467. The summed E-state index contributed by atoms with van der Waals surface area (Å²) in [6, 6.07) is 15.4. The van der Waals surface area contributed by atoms with Gasteiger partial charge in [-0.25, -0.2) is 0 Å². The Balaban J connectivity index is 1.31. The lowest BCUT2D eigenvalue weighted by atomic mass is 9.96. The van der Waals surface area contributed by atoms with Crippen LogP contribution in [0.1, 0.15) is 43.2 Å². The molecular weight excluding hydrogens is 577 g/mol. The number of fused-ring (bicyclic) bond motifs is 3. The van der Waals surface area contributed by atoms with Gasteiger partial charge >= 0.3 is 5.97 Å². The Morgan fingerprint density at radius 3 is 2.54 bits per heavy atom. The number of rotatable bonds is 7. The predicted molar refractivity (Wildman–Crippen MR) is 170 cm³/mol. The number of aliphatic carboxylic acids is 1. The molecule has 0 spiro atoms. The molecule has 11 heteroatoms. The van der Waals surface area contributed by atoms with Gasteiger partial charge in [0, 0.05) is 49.7 Å². The molecule has 8 nitrogen and oxygen atoms in total. The Morgan fingerprint density at radius 1 is 1.12 bits per heavy atom. The minimum Gasteiger partial charge on any atom is -0.480 e. The molecule has 214 valence electrons. The Labute approximate surface area is 253 Å². The first-order valence-electron chi connectivity index (χ1n) is 13.8. The smallest absolute Gasteiger partial charge is 0.323 e. The molecule has 6 rings (SSSR count). The zero-order valence-corrected chi connectivity index (χ0v) is 25.6. The maximum absolute atomic E-state index is 13.5. The molecule has 2 aromatic carbocycles. The summed E-state index contributed by atoms with van der Waals surface area (Å²) in [5, 5.41) is 8.28. The van der Waals surface area contributed by atoms with Crippen LogP contribution >= 0.6 is 35.7 Å². The fraction of sp³-hybridized carbons (Fsp3) is 0.400. The topological polar surface area (TPSA) is 84.4 Å². The number of thioether (sulfide) groups is 2. The number of hydrogen-bond acceptors (Lipinski definition) is 8. The van der Waals surface area contributed by atoms with Crippen LogP contribution in [0.25, 0.3) is 6.08 Å². The van der Waals surface area contributed by atoms with Crippen LogP contribution in [0.4, 0.5) is 17.1 Å². The van der Waals surface area contributed by atoms with Gasteiger partial charge in [0.25, 0.3) is 5.91 Å². The van der Waals surface area contributed by atoms with E-state index in [4.69, 9.17) is 12.2 Å². The van der Waals surface area contributed by atoms with Gasteiger partial charge in [0.05, 0.1) is 4.91 Å². The van der Waals surface area contributed by atoms with E-state index in [0.717, 1.165) is 24.1 Å². The van der Waals surface area contributed by atoms with Crippen molar-refractivity contribution >= 4 is 81.0 Å². The van der Waals surface area contributed by atoms with Crippen LogP contribution in [0.2, 0.25) is 0 Å².